The van der Waals surface area contributed by atoms with E-state index in [1.54, 1.807) is 18.3 Å². The molecule has 0 saturated heterocycles. The second kappa shape index (κ2) is 7.90. The fourth-order valence-electron chi connectivity index (χ4n) is 2.61. The third-order valence-corrected chi connectivity index (χ3v) is 4.73. The molecule has 0 bridgehead atoms. The fraction of sp³-hybridized carbons (Fsp3) is 0.111. The monoisotopic (exact) mass is 391 g/mol. The number of carbonyl (C=O) groups is 1. The number of ether oxygens (including phenoxy) is 1. The Morgan fingerprint density at radius 1 is 1.31 bits per heavy atom. The maximum atomic E-state index is 13.4. The second-order valence-electron chi connectivity index (χ2n) is 5.47. The Kier molecular flexibility index (Phi) is 5.61. The van der Waals surface area contributed by atoms with Gasteiger partial charge in [-0.3, -0.25) is 9.93 Å². The van der Waals surface area contributed by atoms with Gasteiger partial charge in [0.1, 0.15) is 5.82 Å². The maximum Gasteiger partial charge on any atom is 0.228 e. The van der Waals surface area contributed by atoms with Crippen LogP contribution < -0.4 is 15.2 Å². The molecule has 0 radical (unpaired) electrons. The van der Waals surface area contributed by atoms with Crippen molar-refractivity contribution >= 4 is 45.9 Å². The summed E-state index contributed by atoms with van der Waals surface area (Å²) in [4.78, 5) is 17.3. The highest BCUT2D eigenvalue weighted by Gasteiger charge is 2.13. The fourth-order valence-corrected chi connectivity index (χ4v) is 3.30. The molecule has 5 nitrogen and oxygen atoms in total. The zero-order valence-electron chi connectivity index (χ0n) is 13.8. The van der Waals surface area contributed by atoms with Gasteiger partial charge >= 0.3 is 0 Å². The largest absolute Gasteiger partial charge is 0.481 e. The number of rotatable bonds is 5. The summed E-state index contributed by atoms with van der Waals surface area (Å²) in [7, 11) is 1.52. The van der Waals surface area contributed by atoms with Gasteiger partial charge in [0.05, 0.1) is 13.5 Å². The third kappa shape index (κ3) is 3.90. The van der Waals surface area contributed by atoms with Crippen LogP contribution in [0.3, 0.4) is 0 Å². The molecule has 0 unspecified atom stereocenters. The number of methoxy groups -OCH3 is 1. The van der Waals surface area contributed by atoms with E-state index in [-0.39, 0.29) is 12.3 Å². The van der Waals surface area contributed by atoms with Gasteiger partial charge in [0.2, 0.25) is 11.8 Å². The lowest BCUT2D eigenvalue weighted by atomic mass is 10.1. The molecule has 0 aliphatic carbocycles. The van der Waals surface area contributed by atoms with Crippen molar-refractivity contribution in [2.75, 3.05) is 12.4 Å². The van der Waals surface area contributed by atoms with E-state index in [2.05, 4.69) is 10.3 Å². The zero-order chi connectivity index (χ0) is 18.7. The minimum absolute atomic E-state index is 0.0517. The van der Waals surface area contributed by atoms with Crippen molar-refractivity contribution in [3.05, 3.63) is 59.0 Å². The highest BCUT2D eigenvalue weighted by Crippen LogP contribution is 2.33. The Hall–Kier alpha value is -2.35. The number of hydrogen-bond acceptors (Lipinski definition) is 5. The maximum absolute atomic E-state index is 13.4. The lowest BCUT2D eigenvalue weighted by Gasteiger charge is -2.12. The van der Waals surface area contributed by atoms with Gasteiger partial charge < -0.3 is 10.1 Å². The SMILES string of the molecule is COc1nccc2c(SN)cc(NC(=O)Cc3cc(F)ccc3Cl)cc12. The lowest BCUT2D eigenvalue weighted by molar-refractivity contribution is -0.115. The summed E-state index contributed by atoms with van der Waals surface area (Å²) in [5.41, 5.74) is 0.951. The number of nitrogens with zero attached hydrogens (tertiary/aromatic N) is 1. The molecule has 8 heteroatoms. The standard InChI is InChI=1S/C18H15ClFN3O2S/c1-25-18-14-8-12(9-16(26-21)13(14)4-5-22-18)23-17(24)7-10-6-11(20)2-3-15(10)19/h2-6,8-9H,7,21H2,1H3,(H,23,24). The smallest absolute Gasteiger partial charge is 0.228 e. The first-order chi connectivity index (χ1) is 12.5. The number of nitrogens with two attached hydrogens (primary N) is 1. The number of fused-ring (bicyclic) bond motifs is 1. The van der Waals surface area contributed by atoms with E-state index in [4.69, 9.17) is 21.5 Å². The van der Waals surface area contributed by atoms with Crippen molar-refractivity contribution in [3.63, 3.8) is 0 Å². The van der Waals surface area contributed by atoms with E-state index in [9.17, 15) is 9.18 Å². The summed E-state index contributed by atoms with van der Waals surface area (Å²) < 4.78 is 18.6. The Bertz CT molecular complexity index is 984. The quantitative estimate of drug-likeness (QED) is 0.638. The Morgan fingerprint density at radius 2 is 2.12 bits per heavy atom. The molecule has 1 aromatic heterocycles. The molecule has 3 aromatic rings. The first-order valence-corrected chi connectivity index (χ1v) is 8.85. The van der Waals surface area contributed by atoms with E-state index >= 15 is 0 Å². The molecule has 0 saturated carbocycles. The topological polar surface area (TPSA) is 77.2 Å². The number of pyridine rings is 1. The summed E-state index contributed by atoms with van der Waals surface area (Å²) in [5.74, 6) is -0.338. The van der Waals surface area contributed by atoms with Gasteiger partial charge in [-0.15, -0.1) is 0 Å². The molecule has 3 rings (SSSR count). The van der Waals surface area contributed by atoms with Gasteiger partial charge in [-0.1, -0.05) is 11.6 Å². The Labute approximate surface area is 158 Å². The molecule has 0 aliphatic rings. The van der Waals surface area contributed by atoms with Crippen LogP contribution in [0.5, 0.6) is 5.88 Å². The summed E-state index contributed by atoms with van der Waals surface area (Å²) in [5, 5.41) is 10.5. The summed E-state index contributed by atoms with van der Waals surface area (Å²) in [6.45, 7) is 0. The van der Waals surface area contributed by atoms with E-state index in [1.807, 2.05) is 6.07 Å². The van der Waals surface area contributed by atoms with Crippen LogP contribution in [0.25, 0.3) is 10.8 Å². The van der Waals surface area contributed by atoms with Crippen molar-refractivity contribution in [2.45, 2.75) is 11.3 Å². The third-order valence-electron chi connectivity index (χ3n) is 3.77. The van der Waals surface area contributed by atoms with Crippen molar-refractivity contribution < 1.29 is 13.9 Å². The molecular formula is C18H15ClFN3O2S. The number of amides is 1. The van der Waals surface area contributed by atoms with E-state index in [0.29, 0.717) is 22.2 Å². The molecule has 2 aromatic carbocycles. The predicted molar refractivity (Wildman–Crippen MR) is 102 cm³/mol. The molecule has 1 amide bonds. The van der Waals surface area contributed by atoms with Crippen LogP contribution in [0.2, 0.25) is 5.02 Å². The molecule has 26 heavy (non-hydrogen) atoms. The molecular weight excluding hydrogens is 377 g/mol. The van der Waals surface area contributed by atoms with Crippen molar-refractivity contribution in [1.29, 1.82) is 0 Å². The predicted octanol–water partition coefficient (Wildman–Crippen LogP) is 4.18. The van der Waals surface area contributed by atoms with Crippen molar-refractivity contribution in [1.82, 2.24) is 4.98 Å². The number of anilines is 1. The van der Waals surface area contributed by atoms with Crippen LogP contribution >= 0.6 is 23.5 Å². The van der Waals surface area contributed by atoms with Gasteiger partial charge in [0.15, 0.2) is 0 Å². The minimum Gasteiger partial charge on any atom is -0.481 e. The highest BCUT2D eigenvalue weighted by molar-refractivity contribution is 7.97. The summed E-state index contributed by atoms with van der Waals surface area (Å²) >= 11 is 7.08. The summed E-state index contributed by atoms with van der Waals surface area (Å²) in [6.07, 6.45) is 1.58. The Morgan fingerprint density at radius 3 is 2.85 bits per heavy atom. The highest BCUT2D eigenvalue weighted by atomic mass is 35.5. The van der Waals surface area contributed by atoms with Gasteiger partial charge in [-0.05, 0) is 53.9 Å². The minimum atomic E-state index is -0.444. The number of halogens is 2. The van der Waals surface area contributed by atoms with Gasteiger partial charge in [-0.25, -0.2) is 9.37 Å². The van der Waals surface area contributed by atoms with E-state index in [0.717, 1.165) is 27.6 Å². The molecule has 0 aliphatic heterocycles. The lowest BCUT2D eigenvalue weighted by Crippen LogP contribution is -2.15. The number of aromatic nitrogens is 1. The first-order valence-electron chi connectivity index (χ1n) is 7.59. The zero-order valence-corrected chi connectivity index (χ0v) is 15.3. The van der Waals surface area contributed by atoms with E-state index < -0.39 is 5.82 Å². The van der Waals surface area contributed by atoms with Crippen LogP contribution in [0.1, 0.15) is 5.56 Å². The van der Waals surface area contributed by atoms with Crippen LogP contribution in [0.4, 0.5) is 10.1 Å². The number of hydrogen-bond donors (Lipinski definition) is 2. The number of nitrogens with one attached hydrogen (secondary N) is 1. The molecule has 0 atom stereocenters. The van der Waals surface area contributed by atoms with Gasteiger partial charge in [0.25, 0.3) is 0 Å². The second-order valence-corrected chi connectivity index (χ2v) is 6.55. The van der Waals surface area contributed by atoms with Gasteiger partial charge in [-0.2, -0.15) is 0 Å². The van der Waals surface area contributed by atoms with E-state index in [1.165, 1.54) is 25.3 Å². The van der Waals surface area contributed by atoms with Crippen molar-refractivity contribution in [2.24, 2.45) is 5.14 Å². The Balaban J connectivity index is 1.90. The summed E-state index contributed by atoms with van der Waals surface area (Å²) in [6, 6.07) is 9.26. The average Bonchev–Trinajstić information content (AvgIpc) is 2.63. The molecule has 1 heterocycles. The van der Waals surface area contributed by atoms with Gasteiger partial charge in [0, 0.05) is 32.6 Å². The van der Waals surface area contributed by atoms with Crippen LogP contribution in [0, 0.1) is 5.82 Å². The van der Waals surface area contributed by atoms with Crippen LogP contribution in [0.15, 0.2) is 47.5 Å². The number of carbonyl (C=O) groups excluding carboxylic acids is 1. The molecule has 3 N–H and O–H groups in total. The first kappa shape index (κ1) is 18.4. The van der Waals surface area contributed by atoms with Crippen molar-refractivity contribution in [3.8, 4) is 5.88 Å². The van der Waals surface area contributed by atoms with Crippen LogP contribution in [-0.2, 0) is 11.2 Å². The molecule has 134 valence electrons. The molecule has 0 spiro atoms. The van der Waals surface area contributed by atoms with Crippen LogP contribution in [-0.4, -0.2) is 18.0 Å². The normalized spacial score (nSPS) is 10.8. The average molecular weight is 392 g/mol. The number of benzene rings is 2. The molecule has 0 fully saturated rings.